The van der Waals surface area contributed by atoms with Gasteiger partial charge in [0, 0.05) is 43.7 Å². The van der Waals surface area contributed by atoms with E-state index in [-0.39, 0.29) is 0 Å². The maximum absolute atomic E-state index is 4.64. The van der Waals surface area contributed by atoms with Crippen molar-refractivity contribution in [3.63, 3.8) is 0 Å². The number of fused-ring (bicyclic) bond motifs is 3. The third-order valence-corrected chi connectivity index (χ3v) is 8.06. The van der Waals surface area contributed by atoms with Crippen LogP contribution in [0.3, 0.4) is 0 Å². The summed E-state index contributed by atoms with van der Waals surface area (Å²) in [4.78, 5) is 9.29. The van der Waals surface area contributed by atoms with Crippen LogP contribution in [0.4, 0.5) is 0 Å². The van der Waals surface area contributed by atoms with Crippen LogP contribution in [-0.4, -0.2) is 9.97 Å². The van der Waals surface area contributed by atoms with E-state index in [0.29, 0.717) is 0 Å². The Morgan fingerprint density at radius 3 is 1.46 bits per heavy atom. The zero-order valence-electron chi connectivity index (χ0n) is 20.0. The Bertz CT molecular complexity index is 1800. The Kier molecular flexibility index (Phi) is 5.34. The first-order valence-corrected chi connectivity index (χ1v) is 13.1. The molecular weight excluding hydrogens is 468 g/mol. The average Bonchev–Trinajstić information content (AvgIpc) is 3.37. The summed E-state index contributed by atoms with van der Waals surface area (Å²) >= 11 is 1.88. The molecule has 0 bridgehead atoms. The Labute approximate surface area is 219 Å². The molecule has 7 aromatic rings. The van der Waals surface area contributed by atoms with Crippen LogP contribution in [0.1, 0.15) is 0 Å². The van der Waals surface area contributed by atoms with Crippen molar-refractivity contribution in [2.75, 3.05) is 0 Å². The van der Waals surface area contributed by atoms with E-state index in [1.165, 1.54) is 42.4 Å². The Hall–Kier alpha value is -4.60. The van der Waals surface area contributed by atoms with Gasteiger partial charge >= 0.3 is 0 Å². The molecule has 0 aliphatic rings. The molecule has 0 radical (unpaired) electrons. The summed E-state index contributed by atoms with van der Waals surface area (Å²) in [6, 6.07) is 42.8. The maximum Gasteiger partial charge on any atom is 0.0702 e. The molecule has 2 nitrogen and oxygen atoms in total. The van der Waals surface area contributed by atoms with Crippen molar-refractivity contribution in [3.8, 4) is 44.8 Å². The lowest BCUT2D eigenvalue weighted by atomic mass is 9.95. The molecule has 0 saturated heterocycles. The smallest absolute Gasteiger partial charge is 0.0702 e. The highest BCUT2D eigenvalue weighted by Gasteiger charge is 2.15. The molecule has 0 spiro atoms. The highest BCUT2D eigenvalue weighted by atomic mass is 32.1. The molecule has 0 amide bonds. The van der Waals surface area contributed by atoms with Crippen LogP contribution in [0.5, 0.6) is 0 Å². The molecular formula is C34H22N2S. The molecule has 7 rings (SSSR count). The molecule has 0 unspecified atom stereocenters. The Morgan fingerprint density at radius 2 is 0.919 bits per heavy atom. The second-order valence-corrected chi connectivity index (χ2v) is 10.1. The van der Waals surface area contributed by atoms with E-state index in [0.717, 1.165) is 22.5 Å². The van der Waals surface area contributed by atoms with Gasteiger partial charge in [-0.25, -0.2) is 0 Å². The molecule has 3 heteroatoms. The second-order valence-electron chi connectivity index (χ2n) is 9.06. The van der Waals surface area contributed by atoms with Crippen molar-refractivity contribution < 1.29 is 0 Å². The van der Waals surface area contributed by atoms with Crippen LogP contribution in [0, 0.1) is 0 Å². The maximum atomic E-state index is 4.64. The third kappa shape index (κ3) is 3.90. The summed E-state index contributed by atoms with van der Waals surface area (Å²) < 4.78 is 2.62. The highest BCUT2D eigenvalue weighted by Crippen LogP contribution is 2.44. The molecule has 0 aliphatic carbocycles. The fraction of sp³-hybridized carbons (Fsp3) is 0. The monoisotopic (exact) mass is 490 g/mol. The van der Waals surface area contributed by atoms with Gasteiger partial charge in [0.1, 0.15) is 0 Å². The molecule has 3 aromatic heterocycles. The van der Waals surface area contributed by atoms with Gasteiger partial charge in [-0.05, 0) is 64.7 Å². The lowest BCUT2D eigenvalue weighted by molar-refractivity contribution is 1.31. The molecule has 3 heterocycles. The van der Waals surface area contributed by atoms with Crippen LogP contribution in [0.25, 0.3) is 64.9 Å². The summed E-state index contributed by atoms with van der Waals surface area (Å²) in [5.74, 6) is 0. The third-order valence-electron chi connectivity index (χ3n) is 6.77. The minimum Gasteiger partial charge on any atom is -0.256 e. The van der Waals surface area contributed by atoms with Crippen LogP contribution in [0.15, 0.2) is 134 Å². The minimum absolute atomic E-state index is 0.955. The number of hydrogen-bond donors (Lipinski definition) is 0. The summed E-state index contributed by atoms with van der Waals surface area (Å²) in [6.07, 6.45) is 3.69. The molecule has 37 heavy (non-hydrogen) atoms. The van der Waals surface area contributed by atoms with Gasteiger partial charge in [0.05, 0.1) is 11.4 Å². The van der Waals surface area contributed by atoms with Gasteiger partial charge in [-0.1, -0.05) is 78.9 Å². The first kappa shape index (κ1) is 21.7. The molecule has 174 valence electrons. The van der Waals surface area contributed by atoms with Gasteiger partial charge in [0.25, 0.3) is 0 Å². The Balaban J connectivity index is 1.49. The van der Waals surface area contributed by atoms with Crippen LogP contribution in [-0.2, 0) is 0 Å². The zero-order chi connectivity index (χ0) is 24.6. The number of hydrogen-bond acceptors (Lipinski definition) is 3. The van der Waals surface area contributed by atoms with E-state index in [1.54, 1.807) is 0 Å². The summed E-state index contributed by atoms with van der Waals surface area (Å²) in [7, 11) is 0. The van der Waals surface area contributed by atoms with Crippen LogP contribution < -0.4 is 0 Å². The largest absolute Gasteiger partial charge is 0.256 e. The van der Waals surface area contributed by atoms with E-state index in [2.05, 4.69) is 107 Å². The first-order valence-electron chi connectivity index (χ1n) is 12.3. The van der Waals surface area contributed by atoms with E-state index in [1.807, 2.05) is 48.0 Å². The van der Waals surface area contributed by atoms with Gasteiger partial charge in [0.15, 0.2) is 0 Å². The number of benzene rings is 4. The van der Waals surface area contributed by atoms with Crippen LogP contribution in [0.2, 0.25) is 0 Å². The predicted octanol–water partition coefficient (Wildman–Crippen LogP) is 9.51. The lowest BCUT2D eigenvalue weighted by Gasteiger charge is -2.11. The summed E-state index contributed by atoms with van der Waals surface area (Å²) in [5.41, 5.74) is 9.00. The second kappa shape index (κ2) is 9.12. The van der Waals surface area contributed by atoms with E-state index in [9.17, 15) is 0 Å². The molecule has 0 saturated carbocycles. The SMILES string of the molecule is c1ccc(-c2cccc3c2sc2c(-c4cc(-c5ccccn5)cc(-c5ccccn5)c4)cccc23)cc1. The van der Waals surface area contributed by atoms with Gasteiger partial charge in [-0.2, -0.15) is 0 Å². The molecule has 4 aromatic carbocycles. The Morgan fingerprint density at radius 1 is 0.405 bits per heavy atom. The van der Waals surface area contributed by atoms with Crippen molar-refractivity contribution in [2.45, 2.75) is 0 Å². The van der Waals surface area contributed by atoms with Crippen molar-refractivity contribution in [1.82, 2.24) is 9.97 Å². The molecule has 0 N–H and O–H groups in total. The van der Waals surface area contributed by atoms with Gasteiger partial charge in [-0.15, -0.1) is 11.3 Å². The van der Waals surface area contributed by atoms with Crippen molar-refractivity contribution >= 4 is 31.5 Å². The first-order chi connectivity index (χ1) is 18.3. The molecule has 0 fully saturated rings. The summed E-state index contributed by atoms with van der Waals surface area (Å²) in [6.45, 7) is 0. The minimum atomic E-state index is 0.955. The fourth-order valence-electron chi connectivity index (χ4n) is 5.04. The zero-order valence-corrected chi connectivity index (χ0v) is 20.8. The molecule has 0 aliphatic heterocycles. The number of nitrogens with zero attached hydrogens (tertiary/aromatic N) is 2. The average molecular weight is 491 g/mol. The standard InChI is InChI=1S/C34H22N2S/c1-2-10-23(11-3-1)27-12-8-14-29-30-15-9-13-28(34(30)37-33(27)29)24-20-25(31-16-4-6-18-35-31)22-26(21-24)32-17-5-7-19-36-32/h1-22H. The van der Waals surface area contributed by atoms with Crippen molar-refractivity contribution in [1.29, 1.82) is 0 Å². The van der Waals surface area contributed by atoms with Crippen molar-refractivity contribution in [2.24, 2.45) is 0 Å². The van der Waals surface area contributed by atoms with E-state index >= 15 is 0 Å². The summed E-state index contributed by atoms with van der Waals surface area (Å²) in [5, 5.41) is 2.59. The topological polar surface area (TPSA) is 25.8 Å². The lowest BCUT2D eigenvalue weighted by Crippen LogP contribution is -1.89. The number of thiophene rings is 1. The van der Waals surface area contributed by atoms with Crippen LogP contribution >= 0.6 is 11.3 Å². The number of rotatable bonds is 4. The van der Waals surface area contributed by atoms with Gasteiger partial charge in [0.2, 0.25) is 0 Å². The van der Waals surface area contributed by atoms with Gasteiger partial charge in [-0.3, -0.25) is 9.97 Å². The van der Waals surface area contributed by atoms with Crippen molar-refractivity contribution in [3.05, 3.63) is 134 Å². The molecule has 0 atom stereocenters. The quantitative estimate of drug-likeness (QED) is 0.245. The fourth-order valence-corrected chi connectivity index (χ4v) is 6.41. The van der Waals surface area contributed by atoms with E-state index in [4.69, 9.17) is 0 Å². The number of pyridine rings is 2. The van der Waals surface area contributed by atoms with E-state index < -0.39 is 0 Å². The normalized spacial score (nSPS) is 11.2. The van der Waals surface area contributed by atoms with Gasteiger partial charge < -0.3 is 0 Å². The highest BCUT2D eigenvalue weighted by molar-refractivity contribution is 7.26. The predicted molar refractivity (Wildman–Crippen MR) is 157 cm³/mol. The number of aromatic nitrogens is 2.